The predicted octanol–water partition coefficient (Wildman–Crippen LogP) is 1.57. The Morgan fingerprint density at radius 3 is 2.20 bits per heavy atom. The van der Waals surface area contributed by atoms with Crippen molar-refractivity contribution in [3.63, 3.8) is 0 Å². The molecule has 1 fully saturated rings. The number of carbonyl (C=O) groups excluding carboxylic acids is 1. The Morgan fingerprint density at radius 2 is 1.87 bits per heavy atom. The van der Waals surface area contributed by atoms with E-state index in [9.17, 15) is 13.6 Å². The number of hydrogen-bond acceptors (Lipinski definition) is 3. The summed E-state index contributed by atoms with van der Waals surface area (Å²) in [6.45, 7) is 5.71. The van der Waals surface area contributed by atoms with Gasteiger partial charge >= 0.3 is 5.97 Å². The van der Waals surface area contributed by atoms with Gasteiger partial charge in [-0.2, -0.15) is 0 Å². The van der Waals surface area contributed by atoms with Crippen LogP contribution in [-0.4, -0.2) is 30.6 Å². The molecule has 0 saturated carbocycles. The first-order valence-corrected chi connectivity index (χ1v) is 4.90. The van der Waals surface area contributed by atoms with E-state index in [1.807, 2.05) is 0 Å². The minimum absolute atomic E-state index is 0.0467. The van der Waals surface area contributed by atoms with Gasteiger partial charge in [0.15, 0.2) is 0 Å². The molecule has 5 heteroatoms. The summed E-state index contributed by atoms with van der Waals surface area (Å²) in [5.74, 6) is -3.89. The van der Waals surface area contributed by atoms with E-state index in [1.165, 1.54) is 6.92 Å². The van der Waals surface area contributed by atoms with Gasteiger partial charge in [0, 0.05) is 6.54 Å². The van der Waals surface area contributed by atoms with E-state index in [1.54, 1.807) is 20.8 Å². The molecule has 1 aliphatic heterocycles. The summed E-state index contributed by atoms with van der Waals surface area (Å²) in [6, 6.07) is 0. The number of rotatable bonds is 1. The third kappa shape index (κ3) is 2.27. The van der Waals surface area contributed by atoms with Crippen molar-refractivity contribution in [2.75, 3.05) is 13.1 Å². The quantitative estimate of drug-likeness (QED) is 0.683. The van der Waals surface area contributed by atoms with Crippen molar-refractivity contribution in [1.29, 1.82) is 0 Å². The fraction of sp³-hybridized carbons (Fsp3) is 0.900. The Kier molecular flexibility index (Phi) is 2.80. The third-order valence-corrected chi connectivity index (χ3v) is 2.48. The predicted molar refractivity (Wildman–Crippen MR) is 51.8 cm³/mol. The van der Waals surface area contributed by atoms with Crippen LogP contribution in [0.2, 0.25) is 0 Å². The molecular weight excluding hydrogens is 204 g/mol. The van der Waals surface area contributed by atoms with Crippen molar-refractivity contribution in [2.24, 2.45) is 5.41 Å². The van der Waals surface area contributed by atoms with Crippen LogP contribution in [-0.2, 0) is 9.53 Å². The number of esters is 1. The summed E-state index contributed by atoms with van der Waals surface area (Å²) < 4.78 is 31.9. The van der Waals surface area contributed by atoms with Crippen molar-refractivity contribution in [3.05, 3.63) is 0 Å². The molecule has 0 aromatic heterocycles. The molecule has 1 heterocycles. The number of alkyl halides is 2. The van der Waals surface area contributed by atoms with Gasteiger partial charge in [-0.1, -0.05) is 0 Å². The molecule has 1 rings (SSSR count). The zero-order valence-corrected chi connectivity index (χ0v) is 9.49. The first-order valence-electron chi connectivity index (χ1n) is 4.90. The van der Waals surface area contributed by atoms with Crippen LogP contribution in [0.25, 0.3) is 0 Å². The van der Waals surface area contributed by atoms with E-state index in [0.717, 1.165) is 0 Å². The van der Waals surface area contributed by atoms with Crippen LogP contribution in [0.5, 0.6) is 0 Å². The maximum atomic E-state index is 13.5. The number of ether oxygens (including phenoxy) is 1. The van der Waals surface area contributed by atoms with E-state index in [4.69, 9.17) is 4.74 Å². The Morgan fingerprint density at radius 1 is 1.33 bits per heavy atom. The second-order valence-corrected chi connectivity index (χ2v) is 5.14. The fourth-order valence-electron chi connectivity index (χ4n) is 1.41. The van der Waals surface area contributed by atoms with Crippen molar-refractivity contribution in [3.8, 4) is 0 Å². The SMILES string of the molecule is CC(C)(C)OC(=O)C1(C)CNCC1(F)F. The molecule has 15 heavy (non-hydrogen) atoms. The summed E-state index contributed by atoms with van der Waals surface area (Å²) in [7, 11) is 0. The molecule has 0 aliphatic carbocycles. The van der Waals surface area contributed by atoms with Gasteiger partial charge in [0.2, 0.25) is 0 Å². The lowest BCUT2D eigenvalue weighted by molar-refractivity contribution is -0.183. The topological polar surface area (TPSA) is 38.3 Å². The van der Waals surface area contributed by atoms with Crippen LogP contribution >= 0.6 is 0 Å². The lowest BCUT2D eigenvalue weighted by Crippen LogP contribution is -2.47. The Bertz CT molecular complexity index is 273. The van der Waals surface area contributed by atoms with Gasteiger partial charge in [0.1, 0.15) is 11.0 Å². The number of hydrogen-bond donors (Lipinski definition) is 1. The molecule has 1 atom stereocenters. The first kappa shape index (κ1) is 12.4. The molecule has 0 bridgehead atoms. The van der Waals surface area contributed by atoms with Crippen molar-refractivity contribution < 1.29 is 18.3 Å². The molecule has 1 saturated heterocycles. The average molecular weight is 221 g/mol. The van der Waals surface area contributed by atoms with Crippen LogP contribution in [0.1, 0.15) is 27.7 Å². The highest BCUT2D eigenvalue weighted by atomic mass is 19.3. The fourth-order valence-corrected chi connectivity index (χ4v) is 1.41. The molecule has 0 aromatic rings. The Hall–Kier alpha value is -0.710. The molecule has 0 aromatic carbocycles. The zero-order chi connectivity index (χ0) is 11.9. The first-order chi connectivity index (χ1) is 6.58. The molecule has 0 radical (unpaired) electrons. The molecule has 1 N–H and O–H groups in total. The van der Waals surface area contributed by atoms with E-state index >= 15 is 0 Å². The molecule has 3 nitrogen and oxygen atoms in total. The minimum atomic E-state index is -3.05. The minimum Gasteiger partial charge on any atom is -0.459 e. The van der Waals surface area contributed by atoms with E-state index in [2.05, 4.69) is 5.32 Å². The van der Waals surface area contributed by atoms with Crippen molar-refractivity contribution in [2.45, 2.75) is 39.2 Å². The normalized spacial score (nSPS) is 30.3. The number of nitrogens with one attached hydrogen (secondary N) is 1. The number of halogens is 2. The van der Waals surface area contributed by atoms with Crippen LogP contribution in [0.4, 0.5) is 8.78 Å². The molecule has 1 unspecified atom stereocenters. The summed E-state index contributed by atoms with van der Waals surface area (Å²) in [5, 5.41) is 2.52. The van der Waals surface area contributed by atoms with Gasteiger partial charge in [-0.25, -0.2) is 8.78 Å². The summed E-state index contributed by atoms with van der Waals surface area (Å²) in [5.41, 5.74) is -2.49. The van der Waals surface area contributed by atoms with Crippen LogP contribution in [0.3, 0.4) is 0 Å². The maximum absolute atomic E-state index is 13.5. The van der Waals surface area contributed by atoms with Gasteiger partial charge in [-0.05, 0) is 27.7 Å². The average Bonchev–Trinajstić information content (AvgIpc) is 2.24. The highest BCUT2D eigenvalue weighted by molar-refractivity contribution is 5.79. The van der Waals surface area contributed by atoms with Crippen LogP contribution in [0, 0.1) is 5.41 Å². The second-order valence-electron chi connectivity index (χ2n) is 5.14. The van der Waals surface area contributed by atoms with Crippen LogP contribution < -0.4 is 5.32 Å². The van der Waals surface area contributed by atoms with E-state index < -0.39 is 29.5 Å². The summed E-state index contributed by atoms with van der Waals surface area (Å²) in [6.07, 6.45) is 0. The summed E-state index contributed by atoms with van der Waals surface area (Å²) >= 11 is 0. The van der Waals surface area contributed by atoms with Crippen molar-refractivity contribution >= 4 is 5.97 Å². The molecule has 0 amide bonds. The lowest BCUT2D eigenvalue weighted by atomic mass is 9.86. The Labute approximate surface area is 88.2 Å². The molecule has 1 aliphatic rings. The van der Waals surface area contributed by atoms with E-state index in [0.29, 0.717) is 0 Å². The van der Waals surface area contributed by atoms with Gasteiger partial charge in [-0.3, -0.25) is 4.79 Å². The number of carbonyl (C=O) groups is 1. The lowest BCUT2D eigenvalue weighted by Gasteiger charge is -2.31. The van der Waals surface area contributed by atoms with Crippen molar-refractivity contribution in [1.82, 2.24) is 5.32 Å². The molecule has 88 valence electrons. The highest BCUT2D eigenvalue weighted by Crippen LogP contribution is 2.41. The second kappa shape index (κ2) is 3.40. The van der Waals surface area contributed by atoms with E-state index in [-0.39, 0.29) is 6.54 Å². The van der Waals surface area contributed by atoms with Gasteiger partial charge in [-0.15, -0.1) is 0 Å². The van der Waals surface area contributed by atoms with Gasteiger partial charge in [0.05, 0.1) is 6.54 Å². The smallest absolute Gasteiger partial charge is 0.319 e. The molecule has 0 spiro atoms. The highest BCUT2D eigenvalue weighted by Gasteiger charge is 2.60. The largest absolute Gasteiger partial charge is 0.459 e. The Balaban J connectivity index is 2.83. The van der Waals surface area contributed by atoms with Gasteiger partial charge in [0.25, 0.3) is 5.92 Å². The molecular formula is C10H17F2NO2. The third-order valence-electron chi connectivity index (χ3n) is 2.48. The van der Waals surface area contributed by atoms with Crippen LogP contribution in [0.15, 0.2) is 0 Å². The summed E-state index contributed by atoms with van der Waals surface area (Å²) in [4.78, 5) is 11.7. The standard InChI is InChI=1S/C10H17F2NO2/c1-8(2,3)15-7(14)9(4)5-13-6-10(9,11)12/h13H,5-6H2,1-4H3. The zero-order valence-electron chi connectivity index (χ0n) is 9.49. The monoisotopic (exact) mass is 221 g/mol. The maximum Gasteiger partial charge on any atom is 0.319 e. The van der Waals surface area contributed by atoms with Gasteiger partial charge < -0.3 is 10.1 Å².